The van der Waals surface area contributed by atoms with Gasteiger partial charge >= 0.3 is 12.2 Å². The van der Waals surface area contributed by atoms with Crippen molar-refractivity contribution in [2.45, 2.75) is 19.0 Å². The molecule has 5 rings (SSSR count). The van der Waals surface area contributed by atoms with E-state index in [1.165, 1.54) is 18.5 Å². The fraction of sp³-hybridized carbons (Fsp3) is 0.296. The summed E-state index contributed by atoms with van der Waals surface area (Å²) < 4.78 is 75.0. The quantitative estimate of drug-likeness (QED) is 0.262. The maximum atomic E-state index is 15.1. The molecule has 0 unspecified atom stereocenters. The second-order valence-electron chi connectivity index (χ2n) is 9.48. The zero-order chi connectivity index (χ0) is 29.1. The number of hydrogen-bond donors (Lipinski definition) is 3. The van der Waals surface area contributed by atoms with E-state index >= 15 is 4.39 Å². The van der Waals surface area contributed by atoms with Crippen LogP contribution in [0, 0.1) is 11.6 Å². The van der Waals surface area contributed by atoms with Crippen molar-refractivity contribution in [3.8, 4) is 11.1 Å². The van der Waals surface area contributed by atoms with Crippen LogP contribution in [0.3, 0.4) is 0 Å². The Kier molecular flexibility index (Phi) is 8.03. The predicted molar refractivity (Wildman–Crippen MR) is 142 cm³/mol. The van der Waals surface area contributed by atoms with E-state index in [1.54, 1.807) is 10.6 Å². The molecular weight excluding hydrogens is 549 g/mol. The average molecular weight is 576 g/mol. The van der Waals surface area contributed by atoms with Gasteiger partial charge in [0.2, 0.25) is 0 Å². The topological polar surface area (TPSA) is 110 Å². The smallest absolute Gasteiger partial charge is 0.382 e. The highest BCUT2D eigenvalue weighted by Gasteiger charge is 2.31. The van der Waals surface area contributed by atoms with Crippen molar-refractivity contribution < 1.29 is 31.5 Å². The van der Waals surface area contributed by atoms with Crippen molar-refractivity contribution in [2.75, 3.05) is 49.2 Å². The van der Waals surface area contributed by atoms with Gasteiger partial charge in [0.05, 0.1) is 30.2 Å². The Hall–Kier alpha value is -4.30. The molecule has 1 aliphatic heterocycles. The third-order valence-corrected chi connectivity index (χ3v) is 6.74. The van der Waals surface area contributed by atoms with Gasteiger partial charge in [0.25, 0.3) is 0 Å². The van der Waals surface area contributed by atoms with Gasteiger partial charge in [-0.2, -0.15) is 18.3 Å². The first-order valence-corrected chi connectivity index (χ1v) is 12.8. The Morgan fingerprint density at radius 3 is 2.49 bits per heavy atom. The number of morpholine rings is 1. The second kappa shape index (κ2) is 11.7. The molecule has 1 aliphatic rings. The summed E-state index contributed by atoms with van der Waals surface area (Å²) in [6, 6.07) is 6.35. The third kappa shape index (κ3) is 6.38. The van der Waals surface area contributed by atoms with Crippen molar-refractivity contribution in [3.63, 3.8) is 0 Å². The molecule has 2 aromatic heterocycles. The molecule has 4 aromatic rings. The van der Waals surface area contributed by atoms with Crippen LogP contribution in [0.15, 0.2) is 48.8 Å². The maximum Gasteiger partial charge on any atom is 0.416 e. The number of nitrogens with zero attached hydrogens (tertiary/aromatic N) is 4. The standard InChI is InChI=1S/C27H26F5N7O2/c28-20-5-4-17(27(30,31)32)13-23(20)37-26(40)36-22-6-3-16(12-21(22)29)19-14-18(39-24(19)25(33)34-15-35-39)2-1-7-38-8-10-41-11-9-38/h3-6,12-15H,1-2,7-11H2,(H2,33,34,35)(H2,36,37,40). The molecule has 1 saturated heterocycles. The molecule has 2 amide bonds. The molecule has 0 atom stereocenters. The monoisotopic (exact) mass is 575 g/mol. The van der Waals surface area contributed by atoms with Gasteiger partial charge in [0.15, 0.2) is 5.82 Å². The van der Waals surface area contributed by atoms with Crippen LogP contribution >= 0.6 is 0 Å². The van der Waals surface area contributed by atoms with Crippen LogP contribution < -0.4 is 16.4 Å². The fourth-order valence-corrected chi connectivity index (χ4v) is 4.70. The number of anilines is 3. The van der Waals surface area contributed by atoms with Crippen LogP contribution in [0.25, 0.3) is 16.6 Å². The SMILES string of the molecule is Nc1ncnn2c(CCCN3CCOCC3)cc(-c3ccc(NC(=O)Nc4cc(C(F)(F)F)ccc4F)c(F)c3)c12. The first-order chi connectivity index (χ1) is 19.6. The second-order valence-corrected chi connectivity index (χ2v) is 9.48. The number of halogens is 5. The highest BCUT2D eigenvalue weighted by molar-refractivity contribution is 6.00. The van der Waals surface area contributed by atoms with E-state index < -0.39 is 35.1 Å². The highest BCUT2D eigenvalue weighted by Crippen LogP contribution is 2.34. The summed E-state index contributed by atoms with van der Waals surface area (Å²) >= 11 is 0. The fourth-order valence-electron chi connectivity index (χ4n) is 4.70. The van der Waals surface area contributed by atoms with Gasteiger partial charge in [-0.15, -0.1) is 0 Å². The zero-order valence-electron chi connectivity index (χ0n) is 21.6. The van der Waals surface area contributed by atoms with Crippen molar-refractivity contribution in [2.24, 2.45) is 0 Å². The summed E-state index contributed by atoms with van der Waals surface area (Å²) in [4.78, 5) is 18.7. The number of ether oxygens (including phenoxy) is 1. The number of nitrogens with two attached hydrogens (primary N) is 1. The van der Waals surface area contributed by atoms with E-state index in [0.29, 0.717) is 54.5 Å². The van der Waals surface area contributed by atoms with Crippen molar-refractivity contribution in [1.29, 1.82) is 0 Å². The van der Waals surface area contributed by atoms with Crippen LogP contribution in [0.4, 0.5) is 43.9 Å². The first-order valence-electron chi connectivity index (χ1n) is 12.8. The summed E-state index contributed by atoms with van der Waals surface area (Å²) in [5, 5.41) is 8.51. The average Bonchev–Trinajstić information content (AvgIpc) is 3.31. The Morgan fingerprint density at radius 1 is 1.00 bits per heavy atom. The van der Waals surface area contributed by atoms with Gasteiger partial charge in [-0.25, -0.2) is 23.1 Å². The van der Waals surface area contributed by atoms with Gasteiger partial charge < -0.3 is 21.1 Å². The Balaban J connectivity index is 1.33. The van der Waals surface area contributed by atoms with E-state index in [-0.39, 0.29) is 11.5 Å². The minimum atomic E-state index is -4.73. The summed E-state index contributed by atoms with van der Waals surface area (Å²) in [6.45, 7) is 4.06. The molecule has 0 radical (unpaired) electrons. The molecule has 9 nitrogen and oxygen atoms in total. The summed E-state index contributed by atoms with van der Waals surface area (Å²) in [5.74, 6) is -1.70. The minimum Gasteiger partial charge on any atom is -0.382 e. The number of aryl methyl sites for hydroxylation is 1. The highest BCUT2D eigenvalue weighted by atomic mass is 19.4. The Labute approximate surface area is 231 Å². The van der Waals surface area contributed by atoms with E-state index in [9.17, 15) is 22.4 Å². The maximum absolute atomic E-state index is 15.1. The molecule has 4 N–H and O–H groups in total. The summed E-state index contributed by atoms with van der Waals surface area (Å²) in [7, 11) is 0. The number of carbonyl (C=O) groups is 1. The van der Waals surface area contributed by atoms with E-state index in [4.69, 9.17) is 10.5 Å². The van der Waals surface area contributed by atoms with Gasteiger partial charge in [0, 0.05) is 24.3 Å². The molecule has 216 valence electrons. The number of urea groups is 1. The third-order valence-electron chi connectivity index (χ3n) is 6.74. The van der Waals surface area contributed by atoms with Crippen LogP contribution in [0.2, 0.25) is 0 Å². The lowest BCUT2D eigenvalue weighted by atomic mass is 10.1. The molecule has 0 saturated carbocycles. The lowest BCUT2D eigenvalue weighted by Crippen LogP contribution is -2.37. The van der Waals surface area contributed by atoms with Crippen molar-refractivity contribution >= 4 is 28.7 Å². The lowest BCUT2D eigenvalue weighted by molar-refractivity contribution is -0.137. The number of amides is 2. The van der Waals surface area contributed by atoms with E-state index in [0.717, 1.165) is 31.7 Å². The molecule has 0 aliphatic carbocycles. The van der Waals surface area contributed by atoms with Gasteiger partial charge in [0.1, 0.15) is 23.5 Å². The minimum absolute atomic E-state index is 0.208. The van der Waals surface area contributed by atoms with Crippen LogP contribution in [0.1, 0.15) is 17.7 Å². The van der Waals surface area contributed by atoms with Gasteiger partial charge in [-0.1, -0.05) is 6.07 Å². The summed E-state index contributed by atoms with van der Waals surface area (Å²) in [5.41, 5.74) is 6.44. The lowest BCUT2D eigenvalue weighted by Gasteiger charge is -2.26. The van der Waals surface area contributed by atoms with Crippen LogP contribution in [0.5, 0.6) is 0 Å². The molecule has 3 heterocycles. The largest absolute Gasteiger partial charge is 0.416 e. The predicted octanol–water partition coefficient (Wildman–Crippen LogP) is 5.18. The number of benzene rings is 2. The number of rotatable bonds is 7. The normalized spacial score (nSPS) is 14.4. The zero-order valence-corrected chi connectivity index (χ0v) is 21.6. The van der Waals surface area contributed by atoms with Crippen molar-refractivity contribution in [1.82, 2.24) is 19.5 Å². The summed E-state index contributed by atoms with van der Waals surface area (Å²) in [6.07, 6.45) is -1.85. The molecule has 41 heavy (non-hydrogen) atoms. The molecule has 0 bridgehead atoms. The number of alkyl halides is 3. The Bertz CT molecular complexity index is 1570. The molecule has 2 aromatic carbocycles. The Morgan fingerprint density at radius 2 is 1.76 bits per heavy atom. The molecule has 1 fully saturated rings. The van der Waals surface area contributed by atoms with Crippen LogP contribution in [-0.2, 0) is 17.3 Å². The number of carbonyl (C=O) groups excluding carboxylic acids is 1. The number of nitrogens with one attached hydrogen (secondary N) is 2. The number of aromatic nitrogens is 3. The van der Waals surface area contributed by atoms with Crippen molar-refractivity contribution in [3.05, 3.63) is 71.7 Å². The van der Waals surface area contributed by atoms with Gasteiger partial charge in [-0.05, 0) is 61.3 Å². The number of hydrogen-bond acceptors (Lipinski definition) is 6. The number of fused-ring (bicyclic) bond motifs is 1. The first kappa shape index (κ1) is 28.2. The van der Waals surface area contributed by atoms with Gasteiger partial charge in [-0.3, -0.25) is 4.90 Å². The van der Waals surface area contributed by atoms with Crippen LogP contribution in [-0.4, -0.2) is 58.4 Å². The molecule has 14 heteroatoms. The molecular formula is C27H26F5N7O2. The van der Waals surface area contributed by atoms with E-state index in [1.807, 2.05) is 11.4 Å². The number of nitrogen functional groups attached to an aromatic ring is 1. The molecule has 0 spiro atoms. The van der Waals surface area contributed by atoms with E-state index in [2.05, 4.69) is 20.3 Å².